The fourth-order valence-corrected chi connectivity index (χ4v) is 1.79. The third-order valence-electron chi connectivity index (χ3n) is 2.81. The molecule has 0 saturated heterocycles. The van der Waals surface area contributed by atoms with E-state index in [4.69, 9.17) is 4.74 Å². The van der Waals surface area contributed by atoms with Crippen molar-refractivity contribution in [1.29, 1.82) is 0 Å². The van der Waals surface area contributed by atoms with Crippen LogP contribution in [0.4, 0.5) is 0 Å². The van der Waals surface area contributed by atoms with Gasteiger partial charge in [-0.1, -0.05) is 38.1 Å². The molecule has 0 fully saturated rings. The number of phenols is 1. The molecule has 2 aromatic rings. The van der Waals surface area contributed by atoms with E-state index in [0.29, 0.717) is 18.3 Å². The quantitative estimate of drug-likeness (QED) is 0.861. The summed E-state index contributed by atoms with van der Waals surface area (Å²) in [6.07, 6.45) is 1.04. The maximum absolute atomic E-state index is 9.75. The molecule has 2 aromatic carbocycles. The molecule has 0 bridgehead atoms. The van der Waals surface area contributed by atoms with Crippen LogP contribution in [0.5, 0.6) is 11.5 Å². The maximum atomic E-state index is 9.75. The molecule has 0 aliphatic rings. The van der Waals surface area contributed by atoms with Crippen LogP contribution in [0.15, 0.2) is 36.4 Å². The van der Waals surface area contributed by atoms with Gasteiger partial charge < -0.3 is 9.84 Å². The van der Waals surface area contributed by atoms with Gasteiger partial charge in [0.05, 0.1) is 6.61 Å². The number of rotatable bonds is 4. The van der Waals surface area contributed by atoms with Gasteiger partial charge in [0.25, 0.3) is 0 Å². The van der Waals surface area contributed by atoms with Crippen molar-refractivity contribution in [2.75, 3.05) is 6.61 Å². The summed E-state index contributed by atoms with van der Waals surface area (Å²) in [5.74, 6) is 1.79. The van der Waals surface area contributed by atoms with E-state index in [2.05, 4.69) is 13.8 Å². The summed E-state index contributed by atoms with van der Waals surface area (Å²) >= 11 is 0. The zero-order chi connectivity index (χ0) is 12.3. The summed E-state index contributed by atoms with van der Waals surface area (Å²) in [4.78, 5) is 0. The average Bonchev–Trinajstić information content (AvgIpc) is 2.32. The fourth-order valence-electron chi connectivity index (χ4n) is 1.79. The van der Waals surface area contributed by atoms with Crippen molar-refractivity contribution in [2.24, 2.45) is 5.92 Å². The van der Waals surface area contributed by atoms with Gasteiger partial charge in [0.2, 0.25) is 0 Å². The van der Waals surface area contributed by atoms with Crippen molar-refractivity contribution < 1.29 is 9.84 Å². The van der Waals surface area contributed by atoms with Gasteiger partial charge >= 0.3 is 0 Å². The van der Waals surface area contributed by atoms with Gasteiger partial charge in [-0.3, -0.25) is 0 Å². The van der Waals surface area contributed by atoms with Gasteiger partial charge in [-0.25, -0.2) is 0 Å². The van der Waals surface area contributed by atoms with Crippen LogP contribution >= 0.6 is 0 Å². The molecule has 0 atom stereocenters. The Morgan fingerprint density at radius 2 is 1.76 bits per heavy atom. The van der Waals surface area contributed by atoms with E-state index >= 15 is 0 Å². The van der Waals surface area contributed by atoms with Gasteiger partial charge in [0, 0.05) is 10.8 Å². The number of hydrogen-bond acceptors (Lipinski definition) is 2. The molecule has 0 aliphatic heterocycles. The number of benzene rings is 2. The van der Waals surface area contributed by atoms with Crippen LogP contribution in [0.3, 0.4) is 0 Å². The molecule has 0 unspecified atom stereocenters. The van der Waals surface area contributed by atoms with Crippen molar-refractivity contribution in [1.82, 2.24) is 0 Å². The van der Waals surface area contributed by atoms with Gasteiger partial charge in [-0.2, -0.15) is 0 Å². The number of ether oxygens (including phenoxy) is 1. The highest BCUT2D eigenvalue weighted by Gasteiger charge is 2.05. The van der Waals surface area contributed by atoms with Crippen molar-refractivity contribution in [2.45, 2.75) is 20.3 Å². The lowest BCUT2D eigenvalue weighted by molar-refractivity contribution is 0.292. The van der Waals surface area contributed by atoms with Gasteiger partial charge in [0.15, 0.2) is 0 Å². The zero-order valence-corrected chi connectivity index (χ0v) is 10.3. The first-order chi connectivity index (χ1) is 8.18. The highest BCUT2D eigenvalue weighted by atomic mass is 16.5. The van der Waals surface area contributed by atoms with E-state index in [0.717, 1.165) is 22.9 Å². The van der Waals surface area contributed by atoms with E-state index in [1.165, 1.54) is 0 Å². The lowest BCUT2D eigenvalue weighted by Crippen LogP contribution is -2.01. The standard InChI is InChI=1S/C15H18O2/c1-11(2)9-10-17-15-8-7-14(16)12-5-3-4-6-13(12)15/h3-8,11,16H,9-10H2,1-2H3. The van der Waals surface area contributed by atoms with Crippen LogP contribution in [0.25, 0.3) is 10.8 Å². The molecule has 0 aliphatic carbocycles. The van der Waals surface area contributed by atoms with Crippen molar-refractivity contribution in [3.8, 4) is 11.5 Å². The minimum atomic E-state index is 0.303. The Morgan fingerprint density at radius 1 is 1.06 bits per heavy atom. The molecule has 0 radical (unpaired) electrons. The molecule has 0 saturated carbocycles. The Morgan fingerprint density at radius 3 is 2.47 bits per heavy atom. The molecule has 0 heterocycles. The van der Waals surface area contributed by atoms with Crippen molar-refractivity contribution >= 4 is 10.8 Å². The first-order valence-corrected chi connectivity index (χ1v) is 6.02. The van der Waals surface area contributed by atoms with Crippen LogP contribution in [0.1, 0.15) is 20.3 Å². The number of fused-ring (bicyclic) bond motifs is 1. The highest BCUT2D eigenvalue weighted by Crippen LogP contribution is 2.32. The molecule has 1 N–H and O–H groups in total. The Kier molecular flexibility index (Phi) is 3.52. The second-order valence-corrected chi connectivity index (χ2v) is 4.66. The molecule has 0 amide bonds. The lowest BCUT2D eigenvalue weighted by Gasteiger charge is -2.11. The predicted molar refractivity (Wildman–Crippen MR) is 70.6 cm³/mol. The Balaban J connectivity index is 2.26. The molecule has 2 nitrogen and oxygen atoms in total. The lowest BCUT2D eigenvalue weighted by atomic mass is 10.1. The topological polar surface area (TPSA) is 29.5 Å². The van der Waals surface area contributed by atoms with E-state index in [1.54, 1.807) is 6.07 Å². The van der Waals surface area contributed by atoms with E-state index in [-0.39, 0.29) is 0 Å². The van der Waals surface area contributed by atoms with Gasteiger partial charge in [0.1, 0.15) is 11.5 Å². The summed E-state index contributed by atoms with van der Waals surface area (Å²) in [5, 5.41) is 11.6. The zero-order valence-electron chi connectivity index (χ0n) is 10.3. The van der Waals surface area contributed by atoms with E-state index in [9.17, 15) is 5.11 Å². The molecule has 2 rings (SSSR count). The monoisotopic (exact) mass is 230 g/mol. The van der Waals surface area contributed by atoms with Crippen LogP contribution in [-0.2, 0) is 0 Å². The van der Waals surface area contributed by atoms with E-state index < -0.39 is 0 Å². The first kappa shape index (κ1) is 11.8. The van der Waals surface area contributed by atoms with Crippen molar-refractivity contribution in [3.05, 3.63) is 36.4 Å². The summed E-state index contributed by atoms with van der Waals surface area (Å²) < 4.78 is 5.77. The molecule has 17 heavy (non-hydrogen) atoms. The smallest absolute Gasteiger partial charge is 0.127 e. The minimum Gasteiger partial charge on any atom is -0.507 e. The Hall–Kier alpha value is -1.70. The van der Waals surface area contributed by atoms with Crippen LogP contribution in [0.2, 0.25) is 0 Å². The molecular formula is C15H18O2. The SMILES string of the molecule is CC(C)CCOc1ccc(O)c2ccccc12. The molecule has 2 heteroatoms. The van der Waals surface area contributed by atoms with Gasteiger partial charge in [-0.05, 0) is 24.5 Å². The number of hydrogen-bond donors (Lipinski definition) is 1. The third kappa shape index (κ3) is 2.70. The summed E-state index contributed by atoms with van der Waals surface area (Å²) in [6, 6.07) is 11.3. The van der Waals surface area contributed by atoms with Gasteiger partial charge in [-0.15, -0.1) is 0 Å². The second kappa shape index (κ2) is 5.09. The summed E-state index contributed by atoms with van der Waals surface area (Å²) in [7, 11) is 0. The molecule has 0 aromatic heterocycles. The predicted octanol–water partition coefficient (Wildman–Crippen LogP) is 3.97. The van der Waals surface area contributed by atoms with Crippen LogP contribution in [0, 0.1) is 5.92 Å². The van der Waals surface area contributed by atoms with Crippen LogP contribution in [-0.4, -0.2) is 11.7 Å². The molecule has 0 spiro atoms. The Labute approximate surface area is 102 Å². The van der Waals surface area contributed by atoms with Crippen molar-refractivity contribution in [3.63, 3.8) is 0 Å². The minimum absolute atomic E-state index is 0.303. The third-order valence-corrected chi connectivity index (χ3v) is 2.81. The highest BCUT2D eigenvalue weighted by molar-refractivity contribution is 5.92. The fraction of sp³-hybridized carbons (Fsp3) is 0.333. The molecule has 90 valence electrons. The average molecular weight is 230 g/mol. The normalized spacial score (nSPS) is 11.0. The maximum Gasteiger partial charge on any atom is 0.127 e. The largest absolute Gasteiger partial charge is 0.507 e. The Bertz CT molecular complexity index is 503. The van der Waals surface area contributed by atoms with Crippen LogP contribution < -0.4 is 4.74 Å². The number of aromatic hydroxyl groups is 1. The number of phenolic OH excluding ortho intramolecular Hbond substituents is 1. The van der Waals surface area contributed by atoms with E-state index in [1.807, 2.05) is 30.3 Å². The summed E-state index contributed by atoms with van der Waals surface area (Å²) in [6.45, 7) is 5.07. The first-order valence-electron chi connectivity index (χ1n) is 6.02. The summed E-state index contributed by atoms with van der Waals surface area (Å²) in [5.41, 5.74) is 0. The molecular weight excluding hydrogens is 212 g/mol. The second-order valence-electron chi connectivity index (χ2n) is 4.66.